The number of benzene rings is 3. The van der Waals surface area contributed by atoms with E-state index in [1.165, 1.54) is 12.1 Å². The van der Waals surface area contributed by atoms with E-state index < -0.39 is 11.6 Å². The number of halogens is 2. The molecule has 3 N–H and O–H groups in total. The summed E-state index contributed by atoms with van der Waals surface area (Å²) in [6.07, 6.45) is 0. The highest BCUT2D eigenvalue weighted by Crippen LogP contribution is 2.35. The molecule has 0 aliphatic carbocycles. The lowest BCUT2D eigenvalue weighted by molar-refractivity contribution is 0.0332. The molecule has 0 saturated carbocycles. The third-order valence-electron chi connectivity index (χ3n) is 6.99. The van der Waals surface area contributed by atoms with Gasteiger partial charge in [-0.3, -0.25) is 4.90 Å². The molecule has 3 aromatic carbocycles. The number of morpholine rings is 2. The number of ether oxygens (including phenoxy) is 2. The van der Waals surface area contributed by atoms with Gasteiger partial charge in [-0.1, -0.05) is 12.1 Å². The fourth-order valence-corrected chi connectivity index (χ4v) is 4.95. The molecule has 2 aliphatic rings. The summed E-state index contributed by atoms with van der Waals surface area (Å²) in [4.78, 5) is 8.72. The zero-order chi connectivity index (χ0) is 26.1. The molecule has 3 heterocycles. The standard InChI is InChI=1S/C28H29F2N5O3/c29-22-14-18(15-23(30)21(22)17-34-6-10-36-11-7-34)20-2-1-3-25-27(20)38-28(33-25)32-19-4-5-24(31)26(16-19)35-8-12-37-13-9-35/h1-5,14-16H,6-13,17,31H2,(H,32,33). The van der Waals surface area contributed by atoms with Gasteiger partial charge in [0, 0.05) is 49.5 Å². The molecular formula is C28H29F2N5O3. The van der Waals surface area contributed by atoms with Crippen molar-refractivity contribution in [1.29, 1.82) is 0 Å². The summed E-state index contributed by atoms with van der Waals surface area (Å²) in [5, 5.41) is 3.20. The van der Waals surface area contributed by atoms with Crippen molar-refractivity contribution in [1.82, 2.24) is 9.88 Å². The molecule has 1 aromatic heterocycles. The van der Waals surface area contributed by atoms with Crippen LogP contribution in [-0.4, -0.2) is 62.5 Å². The van der Waals surface area contributed by atoms with Gasteiger partial charge in [0.25, 0.3) is 6.01 Å². The maximum atomic E-state index is 15.1. The van der Waals surface area contributed by atoms with Gasteiger partial charge in [0.15, 0.2) is 5.58 Å². The second kappa shape index (κ2) is 10.6. The second-order valence-corrected chi connectivity index (χ2v) is 9.48. The molecule has 0 bridgehead atoms. The molecule has 0 spiro atoms. The molecule has 2 aliphatic heterocycles. The van der Waals surface area contributed by atoms with Crippen LogP contribution in [0.15, 0.2) is 52.9 Å². The van der Waals surface area contributed by atoms with E-state index in [4.69, 9.17) is 19.6 Å². The summed E-state index contributed by atoms with van der Waals surface area (Å²) in [7, 11) is 0. The van der Waals surface area contributed by atoms with Gasteiger partial charge >= 0.3 is 0 Å². The van der Waals surface area contributed by atoms with Crippen molar-refractivity contribution in [2.24, 2.45) is 0 Å². The lowest BCUT2D eigenvalue weighted by atomic mass is 10.0. The predicted octanol–water partition coefficient (Wildman–Crippen LogP) is 4.77. The van der Waals surface area contributed by atoms with Crippen molar-refractivity contribution >= 4 is 34.2 Å². The molecule has 2 fully saturated rings. The van der Waals surface area contributed by atoms with Crippen molar-refractivity contribution in [2.45, 2.75) is 6.54 Å². The number of para-hydroxylation sites is 1. The van der Waals surface area contributed by atoms with E-state index in [2.05, 4.69) is 15.2 Å². The van der Waals surface area contributed by atoms with Gasteiger partial charge in [0.05, 0.1) is 37.8 Å². The topological polar surface area (TPSA) is 89.0 Å². The highest BCUT2D eigenvalue weighted by Gasteiger charge is 2.20. The van der Waals surface area contributed by atoms with E-state index in [1.807, 2.05) is 23.1 Å². The highest BCUT2D eigenvalue weighted by molar-refractivity contribution is 5.91. The minimum Gasteiger partial charge on any atom is -0.423 e. The van der Waals surface area contributed by atoms with E-state index in [9.17, 15) is 0 Å². The van der Waals surface area contributed by atoms with Crippen molar-refractivity contribution < 1.29 is 22.7 Å². The number of aromatic nitrogens is 1. The van der Waals surface area contributed by atoms with Crippen LogP contribution in [-0.2, 0) is 16.0 Å². The minimum atomic E-state index is -0.584. The molecule has 2 saturated heterocycles. The number of nitrogens with one attached hydrogen (secondary N) is 1. The Bertz CT molecular complexity index is 1420. The van der Waals surface area contributed by atoms with Gasteiger partial charge in [0.1, 0.15) is 17.2 Å². The molecule has 4 aromatic rings. The highest BCUT2D eigenvalue weighted by atomic mass is 19.1. The van der Waals surface area contributed by atoms with Gasteiger partial charge in [-0.25, -0.2) is 8.78 Å². The van der Waals surface area contributed by atoms with E-state index in [0.29, 0.717) is 67.4 Å². The number of hydrogen-bond donors (Lipinski definition) is 2. The summed E-state index contributed by atoms with van der Waals surface area (Å²) in [6.45, 7) is 5.46. The minimum absolute atomic E-state index is 0.0576. The van der Waals surface area contributed by atoms with E-state index in [1.54, 1.807) is 18.2 Å². The number of nitrogens with zero attached hydrogens (tertiary/aromatic N) is 3. The zero-order valence-electron chi connectivity index (χ0n) is 20.9. The molecular weight excluding hydrogens is 492 g/mol. The first kappa shape index (κ1) is 24.6. The summed E-state index contributed by atoms with van der Waals surface area (Å²) < 4.78 is 47.0. The number of nitrogen functional groups attached to an aromatic ring is 1. The normalized spacial score (nSPS) is 16.7. The van der Waals surface area contributed by atoms with Crippen LogP contribution in [0, 0.1) is 11.6 Å². The van der Waals surface area contributed by atoms with Crippen LogP contribution in [0.2, 0.25) is 0 Å². The Morgan fingerprint density at radius 3 is 2.34 bits per heavy atom. The predicted molar refractivity (Wildman–Crippen MR) is 143 cm³/mol. The molecule has 38 heavy (non-hydrogen) atoms. The lowest BCUT2D eigenvalue weighted by Crippen LogP contribution is -2.36. The molecule has 8 nitrogen and oxygen atoms in total. The largest absolute Gasteiger partial charge is 0.423 e. The molecule has 10 heteroatoms. The number of fused-ring (bicyclic) bond motifs is 1. The summed E-state index contributed by atoms with van der Waals surface area (Å²) in [5.41, 5.74) is 10.6. The Hall–Kier alpha value is -3.73. The van der Waals surface area contributed by atoms with Crippen LogP contribution in [0.5, 0.6) is 0 Å². The smallest absolute Gasteiger partial charge is 0.300 e. The van der Waals surface area contributed by atoms with E-state index >= 15 is 8.78 Å². The summed E-state index contributed by atoms with van der Waals surface area (Å²) in [5.74, 6) is -1.17. The molecule has 198 valence electrons. The molecule has 0 atom stereocenters. The number of nitrogens with two attached hydrogens (primary N) is 1. The number of anilines is 4. The van der Waals surface area contributed by atoms with Crippen molar-refractivity contribution in [3.05, 3.63) is 65.7 Å². The average molecular weight is 522 g/mol. The van der Waals surface area contributed by atoms with Crippen LogP contribution in [0.25, 0.3) is 22.2 Å². The van der Waals surface area contributed by atoms with Crippen molar-refractivity contribution in [2.75, 3.05) is 68.6 Å². The van der Waals surface area contributed by atoms with Crippen LogP contribution in [0.4, 0.5) is 31.9 Å². The SMILES string of the molecule is Nc1ccc(Nc2nc3cccc(-c4cc(F)c(CN5CCOCC5)c(F)c4)c3o2)cc1N1CCOCC1. The van der Waals surface area contributed by atoms with Gasteiger partial charge in [-0.05, 0) is 42.0 Å². The summed E-state index contributed by atoms with van der Waals surface area (Å²) in [6, 6.07) is 14.0. The molecule has 0 amide bonds. The van der Waals surface area contributed by atoms with Gasteiger partial charge < -0.3 is 29.8 Å². The Morgan fingerprint density at radius 1 is 0.895 bits per heavy atom. The van der Waals surface area contributed by atoms with Crippen LogP contribution in [0.1, 0.15) is 5.56 Å². The maximum Gasteiger partial charge on any atom is 0.300 e. The van der Waals surface area contributed by atoms with E-state index in [0.717, 1.165) is 24.5 Å². The first-order valence-corrected chi connectivity index (χ1v) is 12.7. The second-order valence-electron chi connectivity index (χ2n) is 9.48. The van der Waals surface area contributed by atoms with Crippen LogP contribution >= 0.6 is 0 Å². The fourth-order valence-electron chi connectivity index (χ4n) is 4.95. The third kappa shape index (κ3) is 5.02. The fraction of sp³-hybridized carbons (Fsp3) is 0.321. The average Bonchev–Trinajstić information content (AvgIpc) is 3.35. The Labute approximate surface area is 218 Å². The first-order chi connectivity index (χ1) is 18.5. The first-order valence-electron chi connectivity index (χ1n) is 12.7. The van der Waals surface area contributed by atoms with Crippen molar-refractivity contribution in [3.8, 4) is 11.1 Å². The number of hydrogen-bond acceptors (Lipinski definition) is 8. The molecule has 0 unspecified atom stereocenters. The number of rotatable bonds is 6. The van der Waals surface area contributed by atoms with Gasteiger partial charge in [-0.15, -0.1) is 0 Å². The quantitative estimate of drug-likeness (QED) is 0.351. The molecule has 6 rings (SSSR count). The zero-order valence-corrected chi connectivity index (χ0v) is 20.9. The number of oxazole rings is 1. The monoisotopic (exact) mass is 521 g/mol. The Balaban J connectivity index is 1.27. The maximum absolute atomic E-state index is 15.1. The third-order valence-corrected chi connectivity index (χ3v) is 6.99. The van der Waals surface area contributed by atoms with E-state index in [-0.39, 0.29) is 18.1 Å². The van der Waals surface area contributed by atoms with Gasteiger partial charge in [-0.2, -0.15) is 4.98 Å². The van der Waals surface area contributed by atoms with Crippen LogP contribution < -0.4 is 16.0 Å². The Morgan fingerprint density at radius 2 is 1.61 bits per heavy atom. The van der Waals surface area contributed by atoms with Crippen molar-refractivity contribution in [3.63, 3.8) is 0 Å². The van der Waals surface area contributed by atoms with Crippen LogP contribution in [0.3, 0.4) is 0 Å². The lowest BCUT2D eigenvalue weighted by Gasteiger charge is -2.30. The summed E-state index contributed by atoms with van der Waals surface area (Å²) >= 11 is 0. The van der Waals surface area contributed by atoms with Gasteiger partial charge in [0.2, 0.25) is 0 Å². The Kier molecular flexibility index (Phi) is 6.84. The molecule has 0 radical (unpaired) electrons.